The Morgan fingerprint density at radius 3 is 1.74 bits per heavy atom. The van der Waals surface area contributed by atoms with Gasteiger partial charge in [0.15, 0.2) is 9.95 Å². The quantitative estimate of drug-likeness (QED) is 0.582. The molecule has 0 amide bonds. The van der Waals surface area contributed by atoms with Crippen molar-refractivity contribution >= 4 is 33.2 Å². The fourth-order valence-corrected chi connectivity index (χ4v) is 2.55. The highest BCUT2D eigenvalue weighted by Gasteiger charge is 2.16. The third-order valence-electron chi connectivity index (χ3n) is 3.38. The molecule has 1 aromatic heterocycles. The molecule has 0 spiro atoms. The number of hydrogen-bond acceptors (Lipinski definition) is 2. The number of benzene rings is 2. The van der Waals surface area contributed by atoms with Crippen LogP contribution < -0.4 is 0 Å². The molecule has 3 aromatic rings. The third-order valence-corrected chi connectivity index (χ3v) is 3.38. The van der Waals surface area contributed by atoms with Crippen LogP contribution in [0.2, 0.25) is 0 Å². The zero-order chi connectivity index (χ0) is 13.4. The Bertz CT molecular complexity index is 805. The van der Waals surface area contributed by atoms with E-state index in [1.54, 1.807) is 12.1 Å². The molecular formula is C14H11N5+2. The molecule has 0 radical (unpaired) electrons. The van der Waals surface area contributed by atoms with Crippen molar-refractivity contribution in [2.75, 3.05) is 0 Å². The van der Waals surface area contributed by atoms with Crippen LogP contribution in [-0.2, 0) is 6.54 Å². The molecule has 0 aliphatic heterocycles. The van der Waals surface area contributed by atoms with Crippen molar-refractivity contribution < 1.29 is 0 Å². The first kappa shape index (κ1) is 11.2. The van der Waals surface area contributed by atoms with E-state index in [0.29, 0.717) is 11.4 Å². The summed E-state index contributed by atoms with van der Waals surface area (Å²) in [6, 6.07) is 11.1. The van der Waals surface area contributed by atoms with Gasteiger partial charge in [-0.05, 0) is 19.1 Å². The van der Waals surface area contributed by atoms with E-state index in [1.165, 1.54) is 0 Å². The zero-order valence-corrected chi connectivity index (χ0v) is 10.4. The van der Waals surface area contributed by atoms with Crippen LogP contribution in [-0.4, -0.2) is 4.57 Å². The molecule has 90 valence electrons. The van der Waals surface area contributed by atoms with E-state index in [-0.39, 0.29) is 0 Å². The first-order chi connectivity index (χ1) is 9.28. The average molecular weight is 249 g/mol. The largest absolute Gasteiger partial charge is 0.385 e. The van der Waals surface area contributed by atoms with Crippen LogP contribution in [0.25, 0.3) is 31.8 Å². The second-order valence-electron chi connectivity index (χ2n) is 4.35. The molecule has 0 fully saturated rings. The Balaban J connectivity index is 2.53. The lowest BCUT2D eigenvalue weighted by molar-refractivity contribution is 0.827. The Hall–Kier alpha value is -2.92. The second-order valence-corrected chi connectivity index (χ2v) is 4.35. The topological polar surface area (TPSA) is 61.2 Å². The zero-order valence-electron chi connectivity index (χ0n) is 10.4. The van der Waals surface area contributed by atoms with E-state index in [9.17, 15) is 0 Å². The van der Waals surface area contributed by atoms with Gasteiger partial charge in [0, 0.05) is 52.6 Å². The minimum Gasteiger partial charge on any atom is -0.341 e. The van der Waals surface area contributed by atoms with E-state index in [0.717, 1.165) is 28.4 Å². The summed E-state index contributed by atoms with van der Waals surface area (Å²) in [7, 11) is 0. The van der Waals surface area contributed by atoms with Crippen LogP contribution in [0, 0.1) is 10.8 Å². The molecule has 5 heteroatoms. The molecule has 1 heterocycles. The fourth-order valence-electron chi connectivity index (χ4n) is 2.55. The van der Waals surface area contributed by atoms with Crippen LogP contribution in [0.1, 0.15) is 6.92 Å². The molecule has 5 nitrogen and oxygen atoms in total. The van der Waals surface area contributed by atoms with Crippen LogP contribution in [0.4, 0.5) is 11.4 Å². The van der Waals surface area contributed by atoms with Crippen LogP contribution in [0.5, 0.6) is 0 Å². The van der Waals surface area contributed by atoms with Gasteiger partial charge in [-0.25, -0.2) is 0 Å². The van der Waals surface area contributed by atoms with Crippen molar-refractivity contribution in [3.05, 3.63) is 46.4 Å². The Kier molecular flexibility index (Phi) is 2.40. The highest BCUT2D eigenvalue weighted by molar-refractivity contribution is 6.10. The first-order valence-corrected chi connectivity index (χ1v) is 6.04. The lowest BCUT2D eigenvalue weighted by atomic mass is 10.1. The Labute approximate surface area is 109 Å². The Morgan fingerprint density at radius 1 is 0.895 bits per heavy atom. The monoisotopic (exact) mass is 249 g/mol. The highest BCUT2D eigenvalue weighted by Crippen LogP contribution is 2.34. The van der Waals surface area contributed by atoms with Crippen molar-refractivity contribution in [1.29, 1.82) is 10.8 Å². The molecule has 0 saturated carbocycles. The van der Waals surface area contributed by atoms with Crippen molar-refractivity contribution in [1.82, 2.24) is 4.57 Å². The summed E-state index contributed by atoms with van der Waals surface area (Å²) >= 11 is 0. The number of rotatable bonds is 1. The molecule has 0 unspecified atom stereocenters. The summed E-state index contributed by atoms with van der Waals surface area (Å²) in [5, 5.41) is 19.8. The summed E-state index contributed by atoms with van der Waals surface area (Å²) in [5.74, 6) is 0. The predicted molar refractivity (Wildman–Crippen MR) is 74.6 cm³/mol. The van der Waals surface area contributed by atoms with Crippen molar-refractivity contribution in [3.8, 4) is 0 Å². The van der Waals surface area contributed by atoms with E-state index in [4.69, 9.17) is 10.8 Å². The van der Waals surface area contributed by atoms with Crippen molar-refractivity contribution in [2.45, 2.75) is 13.5 Å². The van der Waals surface area contributed by atoms with Gasteiger partial charge in [-0.3, -0.25) is 0 Å². The standard InChI is InChI=1S/C14H11N5/c1-2-19-13-5-3-9(17-15)7-11(13)12-8-10(18-16)4-6-14(12)19/h3-8H,2H2,1H3/q+2. The van der Waals surface area contributed by atoms with Gasteiger partial charge in [0.25, 0.3) is 0 Å². The SMILES string of the molecule is CCn1c2ccc([N+]#N)cc2c2cc([N+]#N)ccc21. The number of aryl methyl sites for hydroxylation is 1. The van der Waals surface area contributed by atoms with E-state index < -0.39 is 0 Å². The average Bonchev–Trinajstić information content (AvgIpc) is 2.79. The Morgan fingerprint density at radius 2 is 1.37 bits per heavy atom. The molecule has 3 rings (SSSR count). The van der Waals surface area contributed by atoms with E-state index >= 15 is 0 Å². The normalized spacial score (nSPS) is 10.5. The lowest BCUT2D eigenvalue weighted by Gasteiger charge is -2.01. The number of hydrogen-bond donors (Lipinski definition) is 0. The molecule has 0 saturated heterocycles. The maximum atomic E-state index is 8.89. The van der Waals surface area contributed by atoms with Gasteiger partial charge >= 0.3 is 11.4 Å². The summed E-state index contributed by atoms with van der Waals surface area (Å²) in [6.07, 6.45) is 0. The van der Waals surface area contributed by atoms with Crippen LogP contribution >= 0.6 is 0 Å². The maximum Gasteiger partial charge on any atom is 0.385 e. The molecule has 2 aromatic carbocycles. The van der Waals surface area contributed by atoms with Gasteiger partial charge in [-0.1, -0.05) is 0 Å². The predicted octanol–water partition coefficient (Wildman–Crippen LogP) is 4.78. The lowest BCUT2D eigenvalue weighted by Crippen LogP contribution is -1.92. The molecule has 0 aliphatic carbocycles. The summed E-state index contributed by atoms with van der Waals surface area (Å²) in [4.78, 5) is 6.45. The van der Waals surface area contributed by atoms with Gasteiger partial charge in [-0.15, -0.1) is 0 Å². The van der Waals surface area contributed by atoms with Crippen molar-refractivity contribution in [2.24, 2.45) is 0 Å². The van der Waals surface area contributed by atoms with E-state index in [2.05, 4.69) is 21.4 Å². The molecular weight excluding hydrogens is 238 g/mol. The number of nitrogens with zero attached hydrogens (tertiary/aromatic N) is 5. The highest BCUT2D eigenvalue weighted by atomic mass is 15.0. The van der Waals surface area contributed by atoms with Gasteiger partial charge in [0.1, 0.15) is 0 Å². The second kappa shape index (κ2) is 4.08. The third kappa shape index (κ3) is 1.53. The molecule has 0 N–H and O–H groups in total. The van der Waals surface area contributed by atoms with Crippen LogP contribution in [0.15, 0.2) is 36.4 Å². The molecule has 0 atom stereocenters. The minimum absolute atomic E-state index is 0.508. The summed E-state index contributed by atoms with van der Waals surface area (Å²) < 4.78 is 2.17. The van der Waals surface area contributed by atoms with Gasteiger partial charge in [-0.2, -0.15) is 0 Å². The van der Waals surface area contributed by atoms with Gasteiger partial charge in [0.05, 0.1) is 0 Å². The number of fused-ring (bicyclic) bond motifs is 3. The number of diazo groups is 2. The van der Waals surface area contributed by atoms with Gasteiger partial charge < -0.3 is 4.57 Å². The number of aromatic nitrogens is 1. The molecule has 19 heavy (non-hydrogen) atoms. The fraction of sp³-hybridized carbons (Fsp3) is 0.143. The van der Waals surface area contributed by atoms with Crippen molar-refractivity contribution in [3.63, 3.8) is 0 Å². The first-order valence-electron chi connectivity index (χ1n) is 6.04. The van der Waals surface area contributed by atoms with E-state index in [1.807, 2.05) is 24.3 Å². The van der Waals surface area contributed by atoms with Crippen LogP contribution in [0.3, 0.4) is 0 Å². The summed E-state index contributed by atoms with van der Waals surface area (Å²) in [6.45, 7) is 2.92. The molecule has 0 bridgehead atoms. The summed E-state index contributed by atoms with van der Waals surface area (Å²) in [5.41, 5.74) is 3.16. The smallest absolute Gasteiger partial charge is 0.341 e. The molecule has 0 aliphatic rings. The van der Waals surface area contributed by atoms with Gasteiger partial charge in [0.2, 0.25) is 10.8 Å². The maximum absolute atomic E-state index is 8.89. The minimum atomic E-state index is 0.508.